The van der Waals surface area contributed by atoms with Gasteiger partial charge in [0.25, 0.3) is 0 Å². The lowest BCUT2D eigenvalue weighted by atomic mass is 9.91. The minimum absolute atomic E-state index is 0.217. The Hall–Kier alpha value is -0.610. The fraction of sp³-hybridized carbons (Fsp3) is 0.900. The summed E-state index contributed by atoms with van der Waals surface area (Å²) in [6, 6.07) is 0. The third-order valence-electron chi connectivity index (χ3n) is 3.10. The minimum Gasteiger partial charge on any atom is -0.479 e. The van der Waals surface area contributed by atoms with Gasteiger partial charge in [-0.25, -0.2) is 4.79 Å². The molecule has 14 heavy (non-hydrogen) atoms. The van der Waals surface area contributed by atoms with E-state index < -0.39 is 11.6 Å². The first-order valence-electron chi connectivity index (χ1n) is 5.22. The average Bonchev–Trinajstić information content (AvgIpc) is 2.93. The molecule has 1 heterocycles. The highest BCUT2D eigenvalue weighted by Crippen LogP contribution is 2.35. The van der Waals surface area contributed by atoms with Crippen LogP contribution in [0.2, 0.25) is 0 Å². The van der Waals surface area contributed by atoms with Crippen molar-refractivity contribution in [2.75, 3.05) is 20.1 Å². The van der Waals surface area contributed by atoms with Gasteiger partial charge in [-0.2, -0.15) is 0 Å². The van der Waals surface area contributed by atoms with Gasteiger partial charge in [0.05, 0.1) is 6.10 Å². The van der Waals surface area contributed by atoms with Gasteiger partial charge in [0.1, 0.15) is 0 Å². The van der Waals surface area contributed by atoms with Crippen molar-refractivity contribution in [3.05, 3.63) is 0 Å². The molecule has 0 bridgehead atoms. The predicted molar refractivity (Wildman–Crippen MR) is 51.2 cm³/mol. The molecule has 0 aromatic heterocycles. The molecule has 1 saturated heterocycles. The van der Waals surface area contributed by atoms with Crippen LogP contribution in [0.5, 0.6) is 0 Å². The van der Waals surface area contributed by atoms with Gasteiger partial charge in [-0.1, -0.05) is 0 Å². The molecule has 0 amide bonds. The molecule has 4 heteroatoms. The van der Waals surface area contributed by atoms with Gasteiger partial charge in [0.15, 0.2) is 5.60 Å². The molecule has 0 aromatic rings. The van der Waals surface area contributed by atoms with Gasteiger partial charge in [-0.15, -0.1) is 0 Å². The average molecular weight is 199 g/mol. The van der Waals surface area contributed by atoms with Crippen LogP contribution >= 0.6 is 0 Å². The maximum atomic E-state index is 11.2. The lowest BCUT2D eigenvalue weighted by Gasteiger charge is -2.37. The van der Waals surface area contributed by atoms with E-state index in [1.54, 1.807) is 0 Å². The second-order valence-electron chi connectivity index (χ2n) is 4.42. The molecule has 4 nitrogen and oxygen atoms in total. The van der Waals surface area contributed by atoms with Gasteiger partial charge >= 0.3 is 5.97 Å². The highest BCUT2D eigenvalue weighted by molar-refractivity contribution is 5.77. The van der Waals surface area contributed by atoms with Gasteiger partial charge < -0.3 is 14.7 Å². The number of piperidine rings is 1. The number of hydrogen-bond acceptors (Lipinski definition) is 3. The first-order chi connectivity index (χ1) is 6.62. The Labute approximate surface area is 83.8 Å². The maximum absolute atomic E-state index is 11.2. The van der Waals surface area contributed by atoms with Crippen LogP contribution in [-0.2, 0) is 9.53 Å². The summed E-state index contributed by atoms with van der Waals surface area (Å²) in [5.74, 6) is -0.780. The molecule has 0 atom stereocenters. The van der Waals surface area contributed by atoms with E-state index in [0.29, 0.717) is 12.8 Å². The van der Waals surface area contributed by atoms with Crippen LogP contribution < -0.4 is 0 Å². The second-order valence-corrected chi connectivity index (χ2v) is 4.42. The zero-order valence-corrected chi connectivity index (χ0v) is 8.53. The Kier molecular flexibility index (Phi) is 2.49. The first-order valence-corrected chi connectivity index (χ1v) is 5.22. The van der Waals surface area contributed by atoms with Crippen molar-refractivity contribution in [3.8, 4) is 0 Å². The van der Waals surface area contributed by atoms with Crippen LogP contribution in [0.25, 0.3) is 0 Å². The molecule has 0 spiro atoms. The smallest absolute Gasteiger partial charge is 0.336 e. The molecule has 1 aliphatic carbocycles. The van der Waals surface area contributed by atoms with E-state index >= 15 is 0 Å². The SMILES string of the molecule is CN1CCC(OC2CC2)(C(=O)O)CC1. The Morgan fingerprint density at radius 1 is 1.43 bits per heavy atom. The highest BCUT2D eigenvalue weighted by atomic mass is 16.5. The number of nitrogens with zero attached hydrogens (tertiary/aromatic N) is 1. The summed E-state index contributed by atoms with van der Waals surface area (Å²) in [6.07, 6.45) is 3.52. The maximum Gasteiger partial charge on any atom is 0.336 e. The normalized spacial score (nSPS) is 27.5. The lowest BCUT2D eigenvalue weighted by molar-refractivity contribution is -0.174. The Bertz CT molecular complexity index is 230. The fourth-order valence-electron chi connectivity index (χ4n) is 1.87. The summed E-state index contributed by atoms with van der Waals surface area (Å²) in [5.41, 5.74) is -0.881. The van der Waals surface area contributed by atoms with Crippen LogP contribution in [0.1, 0.15) is 25.7 Å². The Balaban J connectivity index is 2.01. The molecule has 1 aliphatic heterocycles. The molecular weight excluding hydrogens is 182 g/mol. The van der Waals surface area contributed by atoms with Crippen molar-refractivity contribution in [1.82, 2.24) is 4.90 Å². The van der Waals surface area contributed by atoms with Crippen molar-refractivity contribution >= 4 is 5.97 Å². The van der Waals surface area contributed by atoms with E-state index in [9.17, 15) is 9.90 Å². The van der Waals surface area contributed by atoms with Gasteiger partial charge in [-0.3, -0.25) is 0 Å². The van der Waals surface area contributed by atoms with E-state index in [1.807, 2.05) is 7.05 Å². The molecule has 0 aromatic carbocycles. The summed E-state index contributed by atoms with van der Waals surface area (Å²) in [7, 11) is 2.02. The zero-order chi connectivity index (χ0) is 10.2. The number of likely N-dealkylation sites (tertiary alicyclic amines) is 1. The summed E-state index contributed by atoms with van der Waals surface area (Å²) < 4.78 is 5.67. The quantitative estimate of drug-likeness (QED) is 0.727. The predicted octanol–water partition coefficient (Wildman–Crippen LogP) is 0.714. The fourth-order valence-corrected chi connectivity index (χ4v) is 1.87. The monoisotopic (exact) mass is 199 g/mol. The van der Waals surface area contributed by atoms with Crippen LogP contribution in [0.3, 0.4) is 0 Å². The number of ether oxygens (including phenoxy) is 1. The van der Waals surface area contributed by atoms with Crippen molar-refractivity contribution in [1.29, 1.82) is 0 Å². The zero-order valence-electron chi connectivity index (χ0n) is 8.53. The molecular formula is C10H17NO3. The van der Waals surface area contributed by atoms with Gasteiger partial charge in [-0.05, 0) is 32.7 Å². The van der Waals surface area contributed by atoms with E-state index in [-0.39, 0.29) is 6.10 Å². The van der Waals surface area contributed by atoms with Crippen LogP contribution in [0, 0.1) is 0 Å². The lowest BCUT2D eigenvalue weighted by Crippen LogP contribution is -2.50. The van der Waals surface area contributed by atoms with E-state index in [0.717, 1.165) is 25.9 Å². The first kappa shape index (κ1) is 9.93. The molecule has 0 unspecified atom stereocenters. The second kappa shape index (κ2) is 3.51. The van der Waals surface area contributed by atoms with Crippen molar-refractivity contribution in [2.24, 2.45) is 0 Å². The summed E-state index contributed by atoms with van der Waals surface area (Å²) >= 11 is 0. The number of hydrogen-bond donors (Lipinski definition) is 1. The molecule has 80 valence electrons. The van der Waals surface area contributed by atoms with Crippen molar-refractivity contribution in [2.45, 2.75) is 37.4 Å². The third-order valence-corrected chi connectivity index (χ3v) is 3.10. The van der Waals surface area contributed by atoms with E-state index in [1.165, 1.54) is 0 Å². The molecule has 2 fully saturated rings. The van der Waals surface area contributed by atoms with Gasteiger partial charge in [0, 0.05) is 13.1 Å². The van der Waals surface area contributed by atoms with E-state index in [4.69, 9.17) is 4.74 Å². The third kappa shape index (κ3) is 1.91. The number of carboxylic acid groups (broad SMARTS) is 1. The number of rotatable bonds is 3. The molecule has 2 aliphatic rings. The van der Waals surface area contributed by atoms with E-state index in [2.05, 4.69) is 4.90 Å². The van der Waals surface area contributed by atoms with Gasteiger partial charge in [0.2, 0.25) is 0 Å². The molecule has 2 rings (SSSR count). The largest absolute Gasteiger partial charge is 0.479 e. The minimum atomic E-state index is -0.881. The van der Waals surface area contributed by atoms with Crippen LogP contribution in [0.15, 0.2) is 0 Å². The summed E-state index contributed by atoms with van der Waals surface area (Å²) in [6.45, 7) is 1.64. The number of carbonyl (C=O) groups is 1. The Morgan fingerprint density at radius 2 is 2.00 bits per heavy atom. The topological polar surface area (TPSA) is 49.8 Å². The number of aliphatic carboxylic acids is 1. The number of carboxylic acids is 1. The Morgan fingerprint density at radius 3 is 2.43 bits per heavy atom. The standard InChI is InChI=1S/C10H17NO3/c1-11-6-4-10(5-7-11,9(12)13)14-8-2-3-8/h8H,2-7H2,1H3,(H,12,13). The highest BCUT2D eigenvalue weighted by Gasteiger charge is 2.45. The van der Waals surface area contributed by atoms with Crippen molar-refractivity contribution in [3.63, 3.8) is 0 Å². The molecule has 0 radical (unpaired) electrons. The molecule has 1 N–H and O–H groups in total. The van der Waals surface area contributed by atoms with Crippen LogP contribution in [-0.4, -0.2) is 47.8 Å². The van der Waals surface area contributed by atoms with Crippen LogP contribution in [0.4, 0.5) is 0 Å². The summed E-state index contributed by atoms with van der Waals surface area (Å²) in [5, 5.41) is 9.21. The summed E-state index contributed by atoms with van der Waals surface area (Å²) in [4.78, 5) is 13.4. The molecule has 1 saturated carbocycles. The van der Waals surface area contributed by atoms with Crippen molar-refractivity contribution < 1.29 is 14.6 Å².